The van der Waals surface area contributed by atoms with Crippen molar-refractivity contribution < 1.29 is 5.11 Å². The lowest BCUT2D eigenvalue weighted by Crippen LogP contribution is -2.38. The summed E-state index contributed by atoms with van der Waals surface area (Å²) in [5.74, 6) is 0. The summed E-state index contributed by atoms with van der Waals surface area (Å²) in [6, 6.07) is 0.767. The van der Waals surface area contributed by atoms with E-state index < -0.39 is 0 Å². The summed E-state index contributed by atoms with van der Waals surface area (Å²) >= 11 is 0. The van der Waals surface area contributed by atoms with Gasteiger partial charge in [-0.25, -0.2) is 0 Å². The minimum atomic E-state index is -0.0130. The summed E-state index contributed by atoms with van der Waals surface area (Å²) in [7, 11) is 0. The molecular formula is C14H27NO. The van der Waals surface area contributed by atoms with E-state index in [2.05, 4.69) is 18.7 Å². The number of likely N-dealkylation sites (tertiary alicyclic amines) is 1. The third kappa shape index (κ3) is 2.43. The summed E-state index contributed by atoms with van der Waals surface area (Å²) in [6.07, 6.45) is 8.50. The van der Waals surface area contributed by atoms with Crippen molar-refractivity contribution in [1.82, 2.24) is 4.90 Å². The molecule has 0 aromatic rings. The smallest absolute Gasteiger partial charge is 0.0541 e. The highest BCUT2D eigenvalue weighted by Gasteiger charge is 2.38. The normalized spacial score (nSPS) is 35.4. The van der Waals surface area contributed by atoms with Crippen molar-refractivity contribution in [3.63, 3.8) is 0 Å². The summed E-state index contributed by atoms with van der Waals surface area (Å²) in [4.78, 5) is 2.71. The minimum absolute atomic E-state index is 0.0130. The lowest BCUT2D eigenvalue weighted by molar-refractivity contribution is 0.0776. The average Bonchev–Trinajstić information content (AvgIpc) is 2.75. The van der Waals surface area contributed by atoms with Crippen LogP contribution in [-0.2, 0) is 0 Å². The second-order valence-electron chi connectivity index (χ2n) is 5.89. The molecule has 0 aromatic carbocycles. The minimum Gasteiger partial charge on any atom is -0.393 e. The van der Waals surface area contributed by atoms with E-state index in [0.717, 1.165) is 18.9 Å². The van der Waals surface area contributed by atoms with Crippen LogP contribution in [0, 0.1) is 5.41 Å². The molecule has 0 radical (unpaired) electrons. The summed E-state index contributed by atoms with van der Waals surface area (Å²) in [5, 5.41) is 9.55. The van der Waals surface area contributed by atoms with E-state index >= 15 is 0 Å². The Balaban J connectivity index is 1.88. The van der Waals surface area contributed by atoms with Crippen LogP contribution in [0.15, 0.2) is 0 Å². The molecule has 1 saturated heterocycles. The fourth-order valence-electron chi connectivity index (χ4n) is 3.53. The Hall–Kier alpha value is -0.0800. The largest absolute Gasteiger partial charge is 0.393 e. The quantitative estimate of drug-likeness (QED) is 0.798. The second-order valence-corrected chi connectivity index (χ2v) is 5.89. The highest BCUT2D eigenvalue weighted by atomic mass is 16.3. The maximum absolute atomic E-state index is 9.55. The number of rotatable bonds is 3. The van der Waals surface area contributed by atoms with Crippen LogP contribution in [0.3, 0.4) is 0 Å². The monoisotopic (exact) mass is 225 g/mol. The molecule has 0 unspecified atom stereocenters. The first kappa shape index (κ1) is 12.4. The van der Waals surface area contributed by atoms with Gasteiger partial charge in [0.25, 0.3) is 0 Å². The van der Waals surface area contributed by atoms with E-state index in [0.29, 0.717) is 5.41 Å². The fourth-order valence-corrected chi connectivity index (χ4v) is 3.53. The number of aliphatic hydroxyl groups is 1. The van der Waals surface area contributed by atoms with Crippen LogP contribution in [-0.4, -0.2) is 35.2 Å². The maximum atomic E-state index is 9.55. The van der Waals surface area contributed by atoms with Crippen LogP contribution in [0.25, 0.3) is 0 Å². The van der Waals surface area contributed by atoms with Crippen LogP contribution in [0.2, 0.25) is 0 Å². The molecule has 0 amide bonds. The molecule has 2 fully saturated rings. The molecule has 2 aliphatic rings. The molecule has 0 aromatic heterocycles. The van der Waals surface area contributed by atoms with E-state index in [9.17, 15) is 5.11 Å². The molecule has 2 heteroatoms. The van der Waals surface area contributed by atoms with Crippen molar-refractivity contribution in [1.29, 1.82) is 0 Å². The van der Waals surface area contributed by atoms with Crippen molar-refractivity contribution in [2.45, 2.75) is 70.9 Å². The van der Waals surface area contributed by atoms with Gasteiger partial charge in [0.15, 0.2) is 0 Å². The van der Waals surface area contributed by atoms with Crippen molar-refractivity contribution in [2.75, 3.05) is 13.1 Å². The Bertz CT molecular complexity index is 217. The van der Waals surface area contributed by atoms with Gasteiger partial charge in [0.05, 0.1) is 6.10 Å². The Morgan fingerprint density at radius 1 is 1.12 bits per heavy atom. The number of aliphatic hydroxyl groups excluding tert-OH is 1. The summed E-state index contributed by atoms with van der Waals surface area (Å²) in [6.45, 7) is 7.29. The van der Waals surface area contributed by atoms with Crippen molar-refractivity contribution in [3.05, 3.63) is 0 Å². The maximum Gasteiger partial charge on any atom is 0.0541 e. The summed E-state index contributed by atoms with van der Waals surface area (Å²) in [5.41, 5.74) is 0.607. The third-order valence-electron chi connectivity index (χ3n) is 5.15. The Morgan fingerprint density at radius 2 is 1.75 bits per heavy atom. The molecule has 94 valence electrons. The SMILES string of the molecule is CCC1(CC)CCN(C2CCC(O)CC2)C1. The topological polar surface area (TPSA) is 23.5 Å². The Morgan fingerprint density at radius 3 is 2.25 bits per heavy atom. The Kier molecular flexibility index (Phi) is 3.91. The number of hydrogen-bond acceptors (Lipinski definition) is 2. The average molecular weight is 225 g/mol. The molecule has 0 bridgehead atoms. The van der Waals surface area contributed by atoms with Gasteiger partial charge >= 0.3 is 0 Å². The van der Waals surface area contributed by atoms with Crippen LogP contribution in [0.4, 0.5) is 0 Å². The molecule has 2 rings (SSSR count). The zero-order valence-electron chi connectivity index (χ0n) is 10.9. The first-order chi connectivity index (χ1) is 7.69. The molecule has 1 heterocycles. The molecule has 2 nitrogen and oxygen atoms in total. The van der Waals surface area contributed by atoms with E-state index in [1.165, 1.54) is 45.2 Å². The predicted octanol–water partition coefficient (Wildman–Crippen LogP) is 2.80. The molecule has 1 aliphatic carbocycles. The van der Waals surface area contributed by atoms with Crippen molar-refractivity contribution >= 4 is 0 Å². The van der Waals surface area contributed by atoms with Gasteiger partial charge in [-0.3, -0.25) is 4.90 Å². The molecule has 1 N–H and O–H groups in total. The van der Waals surface area contributed by atoms with Crippen LogP contribution >= 0.6 is 0 Å². The second kappa shape index (κ2) is 5.05. The van der Waals surface area contributed by atoms with Gasteiger partial charge in [0.2, 0.25) is 0 Å². The van der Waals surface area contributed by atoms with Gasteiger partial charge < -0.3 is 5.11 Å². The standard InChI is InChI=1S/C14H27NO/c1-3-14(4-2)9-10-15(11-14)12-5-7-13(16)8-6-12/h12-13,16H,3-11H2,1-2H3. The van der Waals surface area contributed by atoms with Crippen LogP contribution in [0.1, 0.15) is 58.8 Å². The van der Waals surface area contributed by atoms with Crippen LogP contribution in [0.5, 0.6) is 0 Å². The highest BCUT2D eigenvalue weighted by Crippen LogP contribution is 2.39. The molecule has 0 atom stereocenters. The molecule has 0 spiro atoms. The number of hydrogen-bond donors (Lipinski definition) is 1. The first-order valence-corrected chi connectivity index (χ1v) is 7.11. The van der Waals surface area contributed by atoms with Crippen molar-refractivity contribution in [2.24, 2.45) is 5.41 Å². The highest BCUT2D eigenvalue weighted by molar-refractivity contribution is 4.92. The van der Waals surface area contributed by atoms with E-state index in [1.54, 1.807) is 0 Å². The van der Waals surface area contributed by atoms with Gasteiger partial charge in [-0.2, -0.15) is 0 Å². The summed E-state index contributed by atoms with van der Waals surface area (Å²) < 4.78 is 0. The fraction of sp³-hybridized carbons (Fsp3) is 1.00. The first-order valence-electron chi connectivity index (χ1n) is 7.11. The molecule has 1 saturated carbocycles. The van der Waals surface area contributed by atoms with E-state index in [-0.39, 0.29) is 6.10 Å². The van der Waals surface area contributed by atoms with E-state index in [1.807, 2.05) is 0 Å². The van der Waals surface area contributed by atoms with Gasteiger partial charge in [-0.05, 0) is 56.9 Å². The Labute approximate surface area is 100 Å². The van der Waals surface area contributed by atoms with Gasteiger partial charge in [-0.15, -0.1) is 0 Å². The van der Waals surface area contributed by atoms with Gasteiger partial charge in [0, 0.05) is 12.6 Å². The predicted molar refractivity (Wildman–Crippen MR) is 67.5 cm³/mol. The van der Waals surface area contributed by atoms with Gasteiger partial charge in [0.1, 0.15) is 0 Å². The molecule has 16 heavy (non-hydrogen) atoms. The zero-order valence-corrected chi connectivity index (χ0v) is 10.9. The number of nitrogens with zero attached hydrogens (tertiary/aromatic N) is 1. The molecular weight excluding hydrogens is 198 g/mol. The van der Waals surface area contributed by atoms with Gasteiger partial charge in [-0.1, -0.05) is 13.8 Å². The van der Waals surface area contributed by atoms with E-state index in [4.69, 9.17) is 0 Å². The third-order valence-corrected chi connectivity index (χ3v) is 5.15. The molecule has 1 aliphatic heterocycles. The zero-order chi connectivity index (χ0) is 11.6. The lowest BCUT2D eigenvalue weighted by atomic mass is 9.81. The van der Waals surface area contributed by atoms with Crippen LogP contribution < -0.4 is 0 Å². The van der Waals surface area contributed by atoms with Crippen molar-refractivity contribution in [3.8, 4) is 0 Å². The lowest BCUT2D eigenvalue weighted by Gasteiger charge is -2.34.